The maximum atomic E-state index is 12.1. The smallest absolute Gasteiger partial charge is 0.251 e. The molecule has 2 aromatic rings. The van der Waals surface area contributed by atoms with Crippen molar-refractivity contribution in [1.29, 1.82) is 0 Å². The topological polar surface area (TPSA) is 38.3 Å². The van der Waals surface area contributed by atoms with E-state index in [-0.39, 0.29) is 5.91 Å². The maximum absolute atomic E-state index is 12.1. The predicted octanol–water partition coefficient (Wildman–Crippen LogP) is 3.24. The molecule has 1 amide bonds. The quantitative estimate of drug-likeness (QED) is 0.925. The summed E-state index contributed by atoms with van der Waals surface area (Å²) in [5.74, 6) is 0.720. The highest BCUT2D eigenvalue weighted by atomic mass is 16.5. The van der Waals surface area contributed by atoms with E-state index in [9.17, 15) is 4.79 Å². The van der Waals surface area contributed by atoms with Crippen molar-refractivity contribution in [2.45, 2.75) is 20.4 Å². The molecule has 3 heteroatoms. The Morgan fingerprint density at radius 1 is 1.15 bits per heavy atom. The Balaban J connectivity index is 2.03. The van der Waals surface area contributed by atoms with Gasteiger partial charge in [0.25, 0.3) is 5.91 Å². The van der Waals surface area contributed by atoms with Gasteiger partial charge in [0.15, 0.2) is 0 Å². The Kier molecular flexibility index (Phi) is 4.41. The van der Waals surface area contributed by atoms with Crippen molar-refractivity contribution in [3.63, 3.8) is 0 Å². The molecule has 0 saturated carbocycles. The zero-order valence-electron chi connectivity index (χ0n) is 12.1. The average molecular weight is 269 g/mol. The summed E-state index contributed by atoms with van der Waals surface area (Å²) in [6.45, 7) is 4.50. The van der Waals surface area contributed by atoms with Gasteiger partial charge in [-0.15, -0.1) is 0 Å². The lowest BCUT2D eigenvalue weighted by Crippen LogP contribution is -2.22. The minimum atomic E-state index is -0.0720. The Labute approximate surface area is 119 Å². The van der Waals surface area contributed by atoms with Crippen molar-refractivity contribution in [1.82, 2.24) is 5.32 Å². The maximum Gasteiger partial charge on any atom is 0.251 e. The molecule has 3 nitrogen and oxygen atoms in total. The highest BCUT2D eigenvalue weighted by Crippen LogP contribution is 2.18. The van der Waals surface area contributed by atoms with Crippen LogP contribution in [0.5, 0.6) is 5.75 Å². The number of nitrogens with one attached hydrogen (secondary N) is 1. The summed E-state index contributed by atoms with van der Waals surface area (Å²) in [5, 5.41) is 2.93. The molecule has 0 fully saturated rings. The molecule has 104 valence electrons. The van der Waals surface area contributed by atoms with Gasteiger partial charge in [0.05, 0.1) is 7.11 Å². The Morgan fingerprint density at radius 3 is 2.60 bits per heavy atom. The summed E-state index contributed by atoms with van der Waals surface area (Å²) in [4.78, 5) is 12.1. The molecule has 20 heavy (non-hydrogen) atoms. The number of carbonyl (C=O) groups excluding carboxylic acids is 1. The Morgan fingerprint density at radius 2 is 1.95 bits per heavy atom. The summed E-state index contributed by atoms with van der Waals surface area (Å²) in [5.41, 5.74) is 3.90. The zero-order valence-corrected chi connectivity index (χ0v) is 12.1. The van der Waals surface area contributed by atoms with E-state index in [4.69, 9.17) is 4.74 Å². The van der Waals surface area contributed by atoms with Gasteiger partial charge in [-0.25, -0.2) is 0 Å². The molecule has 0 heterocycles. The van der Waals surface area contributed by atoms with Crippen molar-refractivity contribution in [3.8, 4) is 5.75 Å². The van der Waals surface area contributed by atoms with E-state index in [1.165, 1.54) is 5.56 Å². The summed E-state index contributed by atoms with van der Waals surface area (Å²) in [6.07, 6.45) is 0. The fourth-order valence-electron chi connectivity index (χ4n) is 2.13. The molecule has 0 unspecified atom stereocenters. The van der Waals surface area contributed by atoms with Crippen LogP contribution in [0.2, 0.25) is 0 Å². The monoisotopic (exact) mass is 269 g/mol. The van der Waals surface area contributed by atoms with Crippen molar-refractivity contribution in [3.05, 3.63) is 64.7 Å². The SMILES string of the molecule is COc1ccc(C(=O)NCc2cccc(C)c2)cc1C. The summed E-state index contributed by atoms with van der Waals surface area (Å²) in [6, 6.07) is 13.5. The lowest BCUT2D eigenvalue weighted by Gasteiger charge is -2.09. The van der Waals surface area contributed by atoms with E-state index in [2.05, 4.69) is 11.4 Å². The van der Waals surface area contributed by atoms with E-state index in [0.29, 0.717) is 12.1 Å². The molecule has 0 aromatic heterocycles. The third-order valence-electron chi connectivity index (χ3n) is 3.19. The van der Waals surface area contributed by atoms with Crippen LogP contribution < -0.4 is 10.1 Å². The molecular weight excluding hydrogens is 250 g/mol. The normalized spacial score (nSPS) is 10.2. The number of ether oxygens (including phenoxy) is 1. The zero-order chi connectivity index (χ0) is 14.5. The molecule has 2 rings (SSSR count). The number of methoxy groups -OCH3 is 1. The molecule has 0 aliphatic heterocycles. The first-order valence-electron chi connectivity index (χ1n) is 6.58. The molecule has 0 bridgehead atoms. The van der Waals surface area contributed by atoms with Crippen molar-refractivity contribution in [2.24, 2.45) is 0 Å². The molecule has 0 radical (unpaired) electrons. The second-order valence-corrected chi connectivity index (χ2v) is 4.86. The van der Waals surface area contributed by atoms with Crippen LogP contribution in [0.3, 0.4) is 0 Å². The molecule has 0 aliphatic carbocycles. The molecule has 1 N–H and O–H groups in total. The van der Waals surface area contributed by atoms with Gasteiger partial charge in [0, 0.05) is 12.1 Å². The van der Waals surface area contributed by atoms with Gasteiger partial charge in [-0.3, -0.25) is 4.79 Å². The standard InChI is InChI=1S/C17H19NO2/c1-12-5-4-6-14(9-12)11-18-17(19)15-7-8-16(20-3)13(2)10-15/h4-10H,11H2,1-3H3,(H,18,19). The number of hydrogen-bond donors (Lipinski definition) is 1. The van der Waals surface area contributed by atoms with Crippen molar-refractivity contribution >= 4 is 5.91 Å². The summed E-state index contributed by atoms with van der Waals surface area (Å²) in [7, 11) is 1.62. The highest BCUT2D eigenvalue weighted by Gasteiger charge is 2.07. The molecule has 0 spiro atoms. The highest BCUT2D eigenvalue weighted by molar-refractivity contribution is 5.94. The number of aryl methyl sites for hydroxylation is 2. The third-order valence-corrected chi connectivity index (χ3v) is 3.19. The first kappa shape index (κ1) is 14.1. The minimum Gasteiger partial charge on any atom is -0.496 e. The van der Waals surface area contributed by atoms with E-state index >= 15 is 0 Å². The van der Waals surface area contributed by atoms with Crippen molar-refractivity contribution < 1.29 is 9.53 Å². The number of hydrogen-bond acceptors (Lipinski definition) is 2. The first-order chi connectivity index (χ1) is 9.60. The number of benzene rings is 2. The summed E-state index contributed by atoms with van der Waals surface area (Å²) < 4.78 is 5.19. The first-order valence-corrected chi connectivity index (χ1v) is 6.58. The molecule has 2 aromatic carbocycles. The van der Waals surface area contributed by atoms with Crippen LogP contribution in [0.1, 0.15) is 27.0 Å². The predicted molar refractivity (Wildman–Crippen MR) is 80.1 cm³/mol. The number of rotatable bonds is 4. The van der Waals surface area contributed by atoms with Gasteiger partial charge < -0.3 is 10.1 Å². The van der Waals surface area contributed by atoms with E-state index in [1.807, 2.05) is 44.2 Å². The van der Waals surface area contributed by atoms with Gasteiger partial charge in [0.2, 0.25) is 0 Å². The van der Waals surface area contributed by atoms with Crippen LogP contribution in [0.15, 0.2) is 42.5 Å². The van der Waals surface area contributed by atoms with Gasteiger partial charge in [-0.2, -0.15) is 0 Å². The van der Waals surface area contributed by atoms with Crippen LogP contribution in [0.25, 0.3) is 0 Å². The largest absolute Gasteiger partial charge is 0.496 e. The van der Waals surface area contributed by atoms with Crippen LogP contribution in [0.4, 0.5) is 0 Å². The lowest BCUT2D eigenvalue weighted by atomic mass is 10.1. The van der Waals surface area contributed by atoms with Gasteiger partial charge in [0.1, 0.15) is 5.75 Å². The third kappa shape index (κ3) is 3.38. The number of carbonyl (C=O) groups is 1. The second-order valence-electron chi connectivity index (χ2n) is 4.86. The van der Waals surface area contributed by atoms with E-state index < -0.39 is 0 Å². The van der Waals surface area contributed by atoms with Crippen LogP contribution in [-0.2, 0) is 6.54 Å². The second kappa shape index (κ2) is 6.24. The van der Waals surface area contributed by atoms with Crippen LogP contribution in [-0.4, -0.2) is 13.0 Å². The lowest BCUT2D eigenvalue weighted by molar-refractivity contribution is 0.0951. The molecule has 0 atom stereocenters. The molecular formula is C17H19NO2. The van der Waals surface area contributed by atoms with Crippen molar-refractivity contribution in [2.75, 3.05) is 7.11 Å². The fraction of sp³-hybridized carbons (Fsp3) is 0.235. The van der Waals surface area contributed by atoms with Gasteiger partial charge >= 0.3 is 0 Å². The fourth-order valence-corrected chi connectivity index (χ4v) is 2.13. The number of amides is 1. The Bertz CT molecular complexity index is 620. The Hall–Kier alpha value is -2.29. The minimum absolute atomic E-state index is 0.0720. The summed E-state index contributed by atoms with van der Waals surface area (Å²) >= 11 is 0. The van der Waals surface area contributed by atoms with Crippen LogP contribution >= 0.6 is 0 Å². The van der Waals surface area contributed by atoms with Crippen LogP contribution in [0, 0.1) is 13.8 Å². The van der Waals surface area contributed by atoms with E-state index in [1.54, 1.807) is 13.2 Å². The van der Waals surface area contributed by atoms with E-state index in [0.717, 1.165) is 16.9 Å². The average Bonchev–Trinajstić information content (AvgIpc) is 2.44. The molecule has 0 saturated heterocycles. The molecule has 0 aliphatic rings. The van der Waals surface area contributed by atoms with Gasteiger partial charge in [-0.05, 0) is 43.2 Å². The van der Waals surface area contributed by atoms with Gasteiger partial charge in [-0.1, -0.05) is 29.8 Å².